The standard InChI is InChI=1S/C14H15N3O/c1-8-6-12(16)13(17)7-10(8)14(18)9-4-2-3-5-11(9)15/h2-7H,15-17H2,1H3. The van der Waals surface area contributed by atoms with Gasteiger partial charge in [-0.3, -0.25) is 4.79 Å². The molecular weight excluding hydrogens is 226 g/mol. The molecule has 0 spiro atoms. The monoisotopic (exact) mass is 241 g/mol. The van der Waals surface area contributed by atoms with Crippen molar-refractivity contribution in [3.05, 3.63) is 53.1 Å². The molecule has 0 saturated heterocycles. The molecule has 92 valence electrons. The first kappa shape index (κ1) is 12.0. The number of benzene rings is 2. The van der Waals surface area contributed by atoms with Gasteiger partial charge < -0.3 is 17.2 Å². The van der Waals surface area contributed by atoms with Crippen molar-refractivity contribution in [2.45, 2.75) is 6.92 Å². The topological polar surface area (TPSA) is 95.1 Å². The van der Waals surface area contributed by atoms with Gasteiger partial charge >= 0.3 is 0 Å². The summed E-state index contributed by atoms with van der Waals surface area (Å²) in [6, 6.07) is 10.3. The third kappa shape index (κ3) is 2.00. The number of carbonyl (C=O) groups is 1. The lowest BCUT2D eigenvalue weighted by Gasteiger charge is -2.10. The van der Waals surface area contributed by atoms with Gasteiger partial charge in [0.05, 0.1) is 11.4 Å². The molecule has 18 heavy (non-hydrogen) atoms. The second-order valence-corrected chi connectivity index (χ2v) is 4.21. The lowest BCUT2D eigenvalue weighted by Crippen LogP contribution is -2.08. The molecule has 0 unspecified atom stereocenters. The van der Waals surface area contributed by atoms with Crippen LogP contribution >= 0.6 is 0 Å². The smallest absolute Gasteiger partial charge is 0.195 e. The number of aryl methyl sites for hydroxylation is 1. The van der Waals surface area contributed by atoms with Gasteiger partial charge in [-0.1, -0.05) is 12.1 Å². The molecule has 0 amide bonds. The average Bonchev–Trinajstić information content (AvgIpc) is 2.33. The van der Waals surface area contributed by atoms with Crippen LogP contribution < -0.4 is 17.2 Å². The van der Waals surface area contributed by atoms with Crippen molar-refractivity contribution in [3.8, 4) is 0 Å². The van der Waals surface area contributed by atoms with Crippen LogP contribution in [0.3, 0.4) is 0 Å². The Bertz CT molecular complexity index is 620. The van der Waals surface area contributed by atoms with E-state index in [0.29, 0.717) is 28.2 Å². The lowest BCUT2D eigenvalue weighted by atomic mass is 9.97. The summed E-state index contributed by atoms with van der Waals surface area (Å²) in [5.41, 5.74) is 20.4. The van der Waals surface area contributed by atoms with Crippen molar-refractivity contribution in [2.75, 3.05) is 17.2 Å². The fourth-order valence-corrected chi connectivity index (χ4v) is 1.84. The molecule has 6 N–H and O–H groups in total. The highest BCUT2D eigenvalue weighted by Crippen LogP contribution is 2.24. The van der Waals surface area contributed by atoms with Crippen LogP contribution in [0.15, 0.2) is 36.4 Å². The van der Waals surface area contributed by atoms with Gasteiger partial charge in [0.2, 0.25) is 0 Å². The minimum absolute atomic E-state index is 0.141. The largest absolute Gasteiger partial charge is 0.398 e. The maximum atomic E-state index is 12.4. The number of anilines is 3. The van der Waals surface area contributed by atoms with Crippen LogP contribution in [0.4, 0.5) is 17.1 Å². The predicted molar refractivity (Wildman–Crippen MR) is 74.3 cm³/mol. The molecule has 2 rings (SSSR count). The Labute approximate surface area is 105 Å². The minimum atomic E-state index is -0.141. The normalized spacial score (nSPS) is 10.3. The van der Waals surface area contributed by atoms with E-state index in [1.807, 2.05) is 6.92 Å². The number of nitrogen functional groups attached to an aromatic ring is 3. The summed E-state index contributed by atoms with van der Waals surface area (Å²) in [5, 5.41) is 0. The molecule has 0 aliphatic heterocycles. The average molecular weight is 241 g/mol. The summed E-state index contributed by atoms with van der Waals surface area (Å²) in [5.74, 6) is -0.141. The molecule has 0 aromatic heterocycles. The van der Waals surface area contributed by atoms with E-state index in [1.165, 1.54) is 0 Å². The lowest BCUT2D eigenvalue weighted by molar-refractivity contribution is 0.103. The van der Waals surface area contributed by atoms with Crippen molar-refractivity contribution >= 4 is 22.8 Å². The first-order valence-electron chi connectivity index (χ1n) is 5.55. The number of hydrogen-bond donors (Lipinski definition) is 3. The zero-order valence-corrected chi connectivity index (χ0v) is 10.1. The fraction of sp³-hybridized carbons (Fsp3) is 0.0714. The molecule has 0 aliphatic carbocycles. The van der Waals surface area contributed by atoms with Crippen molar-refractivity contribution in [2.24, 2.45) is 0 Å². The Morgan fingerprint density at radius 2 is 1.50 bits per heavy atom. The molecule has 2 aromatic carbocycles. The van der Waals surface area contributed by atoms with Gasteiger partial charge in [-0.2, -0.15) is 0 Å². The second kappa shape index (κ2) is 4.41. The Kier molecular flexibility index (Phi) is 2.93. The van der Waals surface area contributed by atoms with Crippen LogP contribution in [0, 0.1) is 6.92 Å². The summed E-state index contributed by atoms with van der Waals surface area (Å²) in [6.45, 7) is 1.82. The van der Waals surface area contributed by atoms with Crippen molar-refractivity contribution in [3.63, 3.8) is 0 Å². The highest BCUT2D eigenvalue weighted by atomic mass is 16.1. The van der Waals surface area contributed by atoms with E-state index in [0.717, 1.165) is 5.56 Å². The SMILES string of the molecule is Cc1cc(N)c(N)cc1C(=O)c1ccccc1N. The van der Waals surface area contributed by atoms with Crippen LogP contribution in [-0.4, -0.2) is 5.78 Å². The van der Waals surface area contributed by atoms with Gasteiger partial charge in [-0.05, 0) is 36.8 Å². The van der Waals surface area contributed by atoms with E-state index in [9.17, 15) is 4.79 Å². The van der Waals surface area contributed by atoms with Crippen LogP contribution in [0.5, 0.6) is 0 Å². The summed E-state index contributed by atoms with van der Waals surface area (Å²) >= 11 is 0. The molecule has 0 saturated carbocycles. The number of ketones is 1. The van der Waals surface area contributed by atoms with E-state index in [4.69, 9.17) is 17.2 Å². The van der Waals surface area contributed by atoms with E-state index >= 15 is 0 Å². The molecule has 0 radical (unpaired) electrons. The Morgan fingerprint density at radius 1 is 0.889 bits per heavy atom. The van der Waals surface area contributed by atoms with Crippen molar-refractivity contribution in [1.82, 2.24) is 0 Å². The van der Waals surface area contributed by atoms with E-state index < -0.39 is 0 Å². The van der Waals surface area contributed by atoms with Gasteiger partial charge in [-0.25, -0.2) is 0 Å². The maximum absolute atomic E-state index is 12.4. The van der Waals surface area contributed by atoms with E-state index in [2.05, 4.69) is 0 Å². The molecule has 4 heteroatoms. The van der Waals surface area contributed by atoms with Crippen molar-refractivity contribution in [1.29, 1.82) is 0 Å². The first-order valence-corrected chi connectivity index (χ1v) is 5.55. The Hall–Kier alpha value is -2.49. The molecule has 0 bridgehead atoms. The van der Waals surface area contributed by atoms with Crippen LogP contribution in [0.25, 0.3) is 0 Å². The zero-order valence-electron chi connectivity index (χ0n) is 10.1. The molecule has 2 aromatic rings. The predicted octanol–water partition coefficient (Wildman–Crippen LogP) is 1.97. The highest BCUT2D eigenvalue weighted by molar-refractivity contribution is 6.13. The molecule has 0 heterocycles. The van der Waals surface area contributed by atoms with Crippen LogP contribution in [0.2, 0.25) is 0 Å². The number of nitrogens with two attached hydrogens (primary N) is 3. The summed E-state index contributed by atoms with van der Waals surface area (Å²) < 4.78 is 0. The van der Waals surface area contributed by atoms with E-state index in [1.54, 1.807) is 36.4 Å². The second-order valence-electron chi connectivity index (χ2n) is 4.21. The number of rotatable bonds is 2. The third-order valence-electron chi connectivity index (χ3n) is 2.88. The molecule has 0 atom stereocenters. The number of carbonyl (C=O) groups excluding carboxylic acids is 1. The first-order chi connectivity index (χ1) is 8.50. The fourth-order valence-electron chi connectivity index (χ4n) is 1.84. The van der Waals surface area contributed by atoms with Crippen LogP contribution in [0.1, 0.15) is 21.5 Å². The van der Waals surface area contributed by atoms with Gasteiger partial charge in [-0.15, -0.1) is 0 Å². The van der Waals surface area contributed by atoms with Crippen molar-refractivity contribution < 1.29 is 4.79 Å². The third-order valence-corrected chi connectivity index (χ3v) is 2.88. The summed E-state index contributed by atoms with van der Waals surface area (Å²) in [7, 11) is 0. The maximum Gasteiger partial charge on any atom is 0.195 e. The minimum Gasteiger partial charge on any atom is -0.398 e. The highest BCUT2D eigenvalue weighted by Gasteiger charge is 2.15. The van der Waals surface area contributed by atoms with Crippen LogP contribution in [-0.2, 0) is 0 Å². The summed E-state index contributed by atoms with van der Waals surface area (Å²) in [6.07, 6.45) is 0. The number of hydrogen-bond acceptors (Lipinski definition) is 4. The summed E-state index contributed by atoms with van der Waals surface area (Å²) in [4.78, 5) is 12.4. The van der Waals surface area contributed by atoms with Gasteiger partial charge in [0, 0.05) is 16.8 Å². The zero-order chi connectivity index (χ0) is 13.3. The molecule has 4 nitrogen and oxygen atoms in total. The van der Waals surface area contributed by atoms with Gasteiger partial charge in [0.1, 0.15) is 0 Å². The Balaban J connectivity index is 2.53. The molecular formula is C14H15N3O. The molecule has 0 aliphatic rings. The van der Waals surface area contributed by atoms with Gasteiger partial charge in [0.25, 0.3) is 0 Å². The quantitative estimate of drug-likeness (QED) is 0.553. The molecule has 0 fully saturated rings. The number of para-hydroxylation sites is 1. The Morgan fingerprint density at radius 3 is 2.17 bits per heavy atom. The van der Waals surface area contributed by atoms with E-state index in [-0.39, 0.29) is 5.78 Å². The van der Waals surface area contributed by atoms with Gasteiger partial charge in [0.15, 0.2) is 5.78 Å².